The number of rotatable bonds is 5. The van der Waals surface area contributed by atoms with Gasteiger partial charge in [0.15, 0.2) is 0 Å². The summed E-state index contributed by atoms with van der Waals surface area (Å²) in [6.07, 6.45) is 0.313. The van der Waals surface area contributed by atoms with Crippen molar-refractivity contribution < 1.29 is 19.1 Å². The van der Waals surface area contributed by atoms with Gasteiger partial charge in [-0.1, -0.05) is 47.2 Å². The van der Waals surface area contributed by atoms with Gasteiger partial charge >= 0.3 is 5.97 Å². The maximum Gasteiger partial charge on any atom is 0.326 e. The Morgan fingerprint density at radius 2 is 2.08 bits per heavy atom. The minimum atomic E-state index is -1.10. The summed E-state index contributed by atoms with van der Waals surface area (Å²) in [4.78, 5) is 24.8. The van der Waals surface area contributed by atoms with Gasteiger partial charge in [-0.15, -0.1) is 0 Å². The first kappa shape index (κ1) is 19.2. The topological polar surface area (TPSA) is 70.8 Å². The van der Waals surface area contributed by atoms with Crippen molar-refractivity contribution in [3.05, 3.63) is 46.1 Å². The van der Waals surface area contributed by atoms with Gasteiger partial charge in [0, 0.05) is 12.0 Å². The number of thiocarbonyl (C=S) groups is 1. The molecule has 2 atom stereocenters. The molecular formula is C17H13Cl2NO4S2. The van der Waals surface area contributed by atoms with Crippen molar-refractivity contribution in [2.45, 2.75) is 24.6 Å². The Morgan fingerprint density at radius 3 is 2.73 bits per heavy atom. The summed E-state index contributed by atoms with van der Waals surface area (Å²) in [6, 6.07) is 7.75. The molecule has 136 valence electrons. The van der Waals surface area contributed by atoms with Crippen LogP contribution >= 0.6 is 47.2 Å². The monoisotopic (exact) mass is 429 g/mol. The normalized spacial score (nSPS) is 18.4. The van der Waals surface area contributed by atoms with Gasteiger partial charge in [0.25, 0.3) is 0 Å². The Hall–Kier alpha value is -1.54. The zero-order valence-electron chi connectivity index (χ0n) is 13.4. The van der Waals surface area contributed by atoms with Gasteiger partial charge in [-0.25, -0.2) is 4.79 Å². The van der Waals surface area contributed by atoms with Crippen LogP contribution in [0.25, 0.3) is 11.3 Å². The number of hydrogen-bond donors (Lipinski definition) is 1. The second-order valence-corrected chi connectivity index (χ2v) is 8.34. The van der Waals surface area contributed by atoms with Crippen molar-refractivity contribution >= 4 is 63.4 Å². The second-order valence-electron chi connectivity index (χ2n) is 5.69. The summed E-state index contributed by atoms with van der Waals surface area (Å²) in [5.41, 5.74) is 0.771. The third-order valence-electron chi connectivity index (χ3n) is 3.95. The number of benzene rings is 1. The van der Waals surface area contributed by atoms with Crippen LogP contribution in [-0.2, 0) is 16.0 Å². The SMILES string of the molecule is CC(C(=O)O)N1C(=O)C(Cc2ccc(-c3ccc(Cl)c(Cl)c3)o2)SC1=S. The summed E-state index contributed by atoms with van der Waals surface area (Å²) in [7, 11) is 0. The Labute approximate surface area is 169 Å². The van der Waals surface area contributed by atoms with Crippen LogP contribution in [0.15, 0.2) is 34.7 Å². The van der Waals surface area contributed by atoms with E-state index in [9.17, 15) is 9.59 Å². The Morgan fingerprint density at radius 1 is 1.35 bits per heavy atom. The molecule has 3 rings (SSSR count). The number of carbonyl (C=O) groups is 2. The number of thioether (sulfide) groups is 1. The van der Waals surface area contributed by atoms with E-state index in [1.165, 1.54) is 18.7 Å². The Bertz CT molecular complexity index is 899. The number of hydrogen-bond acceptors (Lipinski definition) is 5. The first-order valence-corrected chi connectivity index (χ1v) is 9.63. The minimum absolute atomic E-state index is 0.270. The molecule has 1 N–H and O–H groups in total. The number of carboxylic acid groups (broad SMARTS) is 1. The van der Waals surface area contributed by atoms with Gasteiger partial charge in [-0.3, -0.25) is 9.69 Å². The predicted molar refractivity (Wildman–Crippen MR) is 106 cm³/mol. The van der Waals surface area contributed by atoms with Crippen LogP contribution in [0.3, 0.4) is 0 Å². The number of furan rings is 1. The zero-order valence-corrected chi connectivity index (χ0v) is 16.6. The van der Waals surface area contributed by atoms with Crippen LogP contribution < -0.4 is 0 Å². The maximum atomic E-state index is 12.5. The van der Waals surface area contributed by atoms with E-state index in [1.807, 2.05) is 0 Å². The van der Waals surface area contributed by atoms with Crippen LogP contribution in [0, 0.1) is 0 Å². The van der Waals surface area contributed by atoms with Crippen LogP contribution in [0.5, 0.6) is 0 Å². The number of carbonyl (C=O) groups excluding carboxylic acids is 1. The largest absolute Gasteiger partial charge is 0.480 e. The lowest BCUT2D eigenvalue weighted by Crippen LogP contribution is -2.43. The number of carboxylic acids is 1. The molecule has 0 radical (unpaired) electrons. The number of nitrogens with zero attached hydrogens (tertiary/aromatic N) is 1. The highest BCUT2D eigenvalue weighted by molar-refractivity contribution is 8.24. The summed E-state index contributed by atoms with van der Waals surface area (Å²) in [5, 5.41) is 9.50. The van der Waals surface area contributed by atoms with Crippen molar-refractivity contribution in [1.29, 1.82) is 0 Å². The Kier molecular flexibility index (Phi) is 5.62. The molecule has 1 aromatic heterocycles. The fraction of sp³-hybridized carbons (Fsp3) is 0.235. The van der Waals surface area contributed by atoms with E-state index in [-0.39, 0.29) is 10.2 Å². The van der Waals surface area contributed by atoms with E-state index in [4.69, 9.17) is 44.9 Å². The number of amides is 1. The van der Waals surface area contributed by atoms with E-state index in [2.05, 4.69) is 0 Å². The summed E-state index contributed by atoms with van der Waals surface area (Å²) >= 11 is 18.3. The highest BCUT2D eigenvalue weighted by Gasteiger charge is 2.42. The molecule has 2 heterocycles. The molecule has 0 saturated carbocycles. The van der Waals surface area contributed by atoms with Gasteiger partial charge in [0.05, 0.1) is 15.3 Å². The van der Waals surface area contributed by atoms with Gasteiger partial charge in [0.1, 0.15) is 21.9 Å². The highest BCUT2D eigenvalue weighted by atomic mass is 35.5. The van der Waals surface area contributed by atoms with Crippen molar-refractivity contribution in [2.75, 3.05) is 0 Å². The minimum Gasteiger partial charge on any atom is -0.480 e. The van der Waals surface area contributed by atoms with E-state index >= 15 is 0 Å². The molecule has 0 aliphatic carbocycles. The molecule has 5 nitrogen and oxygen atoms in total. The van der Waals surface area contributed by atoms with Crippen molar-refractivity contribution in [3.8, 4) is 11.3 Å². The average Bonchev–Trinajstić information content (AvgIpc) is 3.15. The molecule has 2 unspecified atom stereocenters. The molecule has 9 heteroatoms. The molecule has 1 saturated heterocycles. The average molecular weight is 430 g/mol. The Balaban J connectivity index is 1.75. The molecule has 2 aromatic rings. The quantitative estimate of drug-likeness (QED) is 0.705. The maximum absolute atomic E-state index is 12.5. The van der Waals surface area contributed by atoms with E-state index in [1.54, 1.807) is 30.3 Å². The molecule has 26 heavy (non-hydrogen) atoms. The molecule has 0 spiro atoms. The first-order chi connectivity index (χ1) is 12.3. The second kappa shape index (κ2) is 7.60. The van der Waals surface area contributed by atoms with Crippen LogP contribution in [0.4, 0.5) is 0 Å². The molecule has 0 bridgehead atoms. The smallest absolute Gasteiger partial charge is 0.326 e. The van der Waals surface area contributed by atoms with Crippen molar-refractivity contribution in [2.24, 2.45) is 0 Å². The van der Waals surface area contributed by atoms with Crippen LogP contribution in [0.1, 0.15) is 12.7 Å². The van der Waals surface area contributed by atoms with Gasteiger partial charge in [-0.05, 0) is 37.3 Å². The van der Waals surface area contributed by atoms with Crippen LogP contribution in [0.2, 0.25) is 10.0 Å². The zero-order chi connectivity index (χ0) is 19.0. The van der Waals surface area contributed by atoms with Gasteiger partial charge in [-0.2, -0.15) is 0 Å². The first-order valence-electron chi connectivity index (χ1n) is 7.58. The summed E-state index contributed by atoms with van der Waals surface area (Å²) in [5.74, 6) is -0.207. The molecule has 1 amide bonds. The van der Waals surface area contributed by atoms with Gasteiger partial charge in [0.2, 0.25) is 5.91 Å². The highest BCUT2D eigenvalue weighted by Crippen LogP contribution is 2.34. The molecule has 1 fully saturated rings. The fourth-order valence-corrected chi connectivity index (χ4v) is 4.50. The third-order valence-corrected chi connectivity index (χ3v) is 6.23. The standard InChI is InChI=1S/C17H13Cl2NO4S2/c1-8(16(22)23)20-15(21)14(26-17(20)25)7-10-3-5-13(24-10)9-2-4-11(18)12(19)6-9/h2-6,8,14H,7H2,1H3,(H,22,23). The lowest BCUT2D eigenvalue weighted by molar-refractivity contribution is -0.145. The summed E-state index contributed by atoms with van der Waals surface area (Å²) in [6.45, 7) is 1.44. The predicted octanol–water partition coefficient (Wildman–Crippen LogP) is 4.50. The third kappa shape index (κ3) is 3.76. The molecule has 1 aromatic carbocycles. The lowest BCUT2D eigenvalue weighted by atomic mass is 10.2. The van der Waals surface area contributed by atoms with E-state index in [0.29, 0.717) is 28.0 Å². The number of aliphatic carboxylic acids is 1. The lowest BCUT2D eigenvalue weighted by Gasteiger charge is -2.19. The van der Waals surface area contributed by atoms with E-state index < -0.39 is 17.3 Å². The van der Waals surface area contributed by atoms with Crippen molar-refractivity contribution in [1.82, 2.24) is 4.90 Å². The number of halogens is 2. The van der Waals surface area contributed by atoms with Crippen LogP contribution in [-0.4, -0.2) is 37.5 Å². The fourth-order valence-electron chi connectivity index (χ4n) is 2.54. The molecule has 1 aliphatic rings. The molecular weight excluding hydrogens is 417 g/mol. The van der Waals surface area contributed by atoms with E-state index in [0.717, 1.165) is 10.5 Å². The summed E-state index contributed by atoms with van der Waals surface area (Å²) < 4.78 is 6.08. The van der Waals surface area contributed by atoms with Crippen molar-refractivity contribution in [3.63, 3.8) is 0 Å². The van der Waals surface area contributed by atoms with Gasteiger partial charge < -0.3 is 9.52 Å². The molecule has 1 aliphatic heterocycles.